The van der Waals surface area contributed by atoms with Gasteiger partial charge in [-0.15, -0.1) is 0 Å². The fourth-order valence-corrected chi connectivity index (χ4v) is 4.48. The van der Waals surface area contributed by atoms with Gasteiger partial charge in [-0.3, -0.25) is 14.6 Å². The number of hydrogen-bond donors (Lipinski definition) is 3. The van der Waals surface area contributed by atoms with Crippen LogP contribution in [0, 0.1) is 0 Å². The molecule has 0 saturated heterocycles. The van der Waals surface area contributed by atoms with E-state index in [1.807, 2.05) is 24.3 Å². The Morgan fingerprint density at radius 1 is 0.972 bits per heavy atom. The van der Waals surface area contributed by atoms with Crippen LogP contribution < -0.4 is 5.43 Å². The van der Waals surface area contributed by atoms with Crippen molar-refractivity contribution in [3.63, 3.8) is 0 Å². The summed E-state index contributed by atoms with van der Waals surface area (Å²) in [6.45, 7) is 0. The Labute approximate surface area is 204 Å². The largest absolute Gasteiger partial charge is 0.504 e. The van der Waals surface area contributed by atoms with E-state index in [9.17, 15) is 24.9 Å². The summed E-state index contributed by atoms with van der Waals surface area (Å²) in [6.07, 6.45) is 1.31. The summed E-state index contributed by atoms with van der Waals surface area (Å²) in [6, 6.07) is 19.0. The Morgan fingerprint density at radius 2 is 1.69 bits per heavy atom. The molecule has 0 spiro atoms. The van der Waals surface area contributed by atoms with Gasteiger partial charge in [0, 0.05) is 34.7 Å². The number of carbonyl (C=O) groups is 1. The van der Waals surface area contributed by atoms with Crippen molar-refractivity contribution in [2.45, 2.75) is 12.3 Å². The van der Waals surface area contributed by atoms with Crippen LogP contribution in [0.4, 0.5) is 0 Å². The van der Waals surface area contributed by atoms with Crippen LogP contribution in [0.25, 0.3) is 33.2 Å². The van der Waals surface area contributed by atoms with Crippen LogP contribution in [0.5, 0.6) is 17.2 Å². The number of nitrogens with zero attached hydrogens (tertiary/aromatic N) is 1. The zero-order chi connectivity index (χ0) is 25.4. The van der Waals surface area contributed by atoms with Crippen LogP contribution >= 0.6 is 0 Å². The molecule has 1 atom stereocenters. The first-order valence-corrected chi connectivity index (χ1v) is 11.1. The minimum absolute atomic E-state index is 0.0306. The van der Waals surface area contributed by atoms with Gasteiger partial charge in [0.05, 0.1) is 19.0 Å². The molecule has 0 amide bonds. The molecule has 2 aromatic heterocycles. The van der Waals surface area contributed by atoms with Crippen molar-refractivity contribution < 1.29 is 29.3 Å². The number of esters is 1. The van der Waals surface area contributed by atoms with E-state index in [-0.39, 0.29) is 28.7 Å². The second kappa shape index (κ2) is 9.07. The normalized spacial score (nSPS) is 12.0. The number of phenolic OH excluding ortho intramolecular Hbond substituents is 3. The summed E-state index contributed by atoms with van der Waals surface area (Å²) in [4.78, 5) is 30.0. The lowest BCUT2D eigenvalue weighted by Crippen LogP contribution is -2.13. The number of fused-ring (bicyclic) bond motifs is 2. The highest BCUT2D eigenvalue weighted by atomic mass is 16.5. The molecule has 0 aliphatic heterocycles. The molecule has 8 heteroatoms. The maximum atomic E-state index is 13.1. The number of rotatable bonds is 5. The van der Waals surface area contributed by atoms with Crippen LogP contribution in [0.3, 0.4) is 0 Å². The van der Waals surface area contributed by atoms with Gasteiger partial charge in [-0.2, -0.15) is 0 Å². The number of phenols is 3. The third-order valence-corrected chi connectivity index (χ3v) is 6.20. The number of hydrogen-bond acceptors (Lipinski definition) is 8. The Morgan fingerprint density at radius 3 is 2.44 bits per heavy atom. The standard InChI is InChI=1S/C28H21NO7/c1-35-22(31)13-18(16-11-12-29-19-10-6-5-9-17(16)19)23-25(32)27(34)26(33)24-20(30)14-21(36-28(23)24)15-7-3-2-4-8-15/h2-12,14,18,32-34H,13H2,1H3/t18-/m1/s1. The summed E-state index contributed by atoms with van der Waals surface area (Å²) in [5.41, 5.74) is 1.01. The van der Waals surface area contributed by atoms with Gasteiger partial charge in [0.15, 0.2) is 16.9 Å². The van der Waals surface area contributed by atoms with E-state index >= 15 is 0 Å². The number of carbonyl (C=O) groups excluding carboxylic acids is 1. The van der Waals surface area contributed by atoms with Crippen LogP contribution in [0.1, 0.15) is 23.5 Å². The zero-order valence-electron chi connectivity index (χ0n) is 19.1. The molecule has 0 fully saturated rings. The summed E-state index contributed by atoms with van der Waals surface area (Å²) in [5.74, 6) is -3.73. The van der Waals surface area contributed by atoms with Crippen LogP contribution in [-0.4, -0.2) is 33.4 Å². The minimum Gasteiger partial charge on any atom is -0.504 e. The molecular weight excluding hydrogens is 462 g/mol. The van der Waals surface area contributed by atoms with Gasteiger partial charge < -0.3 is 24.5 Å². The first-order chi connectivity index (χ1) is 17.4. The van der Waals surface area contributed by atoms with Gasteiger partial charge in [-0.05, 0) is 17.7 Å². The Kier molecular flexibility index (Phi) is 5.77. The van der Waals surface area contributed by atoms with Crippen molar-refractivity contribution in [3.05, 3.63) is 94.3 Å². The van der Waals surface area contributed by atoms with Crippen molar-refractivity contribution in [2.24, 2.45) is 0 Å². The van der Waals surface area contributed by atoms with E-state index in [2.05, 4.69) is 4.98 Å². The fourth-order valence-electron chi connectivity index (χ4n) is 4.48. The van der Waals surface area contributed by atoms with Gasteiger partial charge in [-0.1, -0.05) is 48.5 Å². The maximum absolute atomic E-state index is 13.1. The molecule has 0 aliphatic carbocycles. The molecule has 8 nitrogen and oxygen atoms in total. The highest BCUT2D eigenvalue weighted by molar-refractivity contribution is 5.95. The molecule has 180 valence electrons. The maximum Gasteiger partial charge on any atom is 0.306 e. The van der Waals surface area contributed by atoms with E-state index < -0.39 is 34.6 Å². The predicted octanol–water partition coefficient (Wildman–Crippen LogP) is 4.82. The van der Waals surface area contributed by atoms with Gasteiger partial charge in [0.1, 0.15) is 16.7 Å². The first kappa shape index (κ1) is 22.9. The average molecular weight is 483 g/mol. The monoisotopic (exact) mass is 483 g/mol. The highest BCUT2D eigenvalue weighted by Gasteiger charge is 2.32. The molecule has 0 radical (unpaired) electrons. The first-order valence-electron chi connectivity index (χ1n) is 11.1. The smallest absolute Gasteiger partial charge is 0.306 e. The molecule has 3 N–H and O–H groups in total. The predicted molar refractivity (Wildman–Crippen MR) is 133 cm³/mol. The van der Waals surface area contributed by atoms with Gasteiger partial charge >= 0.3 is 5.97 Å². The van der Waals surface area contributed by atoms with E-state index in [1.54, 1.807) is 42.6 Å². The number of aromatic nitrogens is 1. The lowest BCUT2D eigenvalue weighted by molar-refractivity contribution is -0.140. The quantitative estimate of drug-likeness (QED) is 0.240. The summed E-state index contributed by atoms with van der Waals surface area (Å²) in [7, 11) is 1.24. The van der Waals surface area contributed by atoms with Crippen molar-refractivity contribution in [2.75, 3.05) is 7.11 Å². The van der Waals surface area contributed by atoms with Crippen molar-refractivity contribution in [3.8, 4) is 28.6 Å². The second-order valence-electron chi connectivity index (χ2n) is 8.25. The number of benzene rings is 3. The molecule has 0 saturated carbocycles. The molecule has 0 unspecified atom stereocenters. The van der Waals surface area contributed by atoms with Gasteiger partial charge in [0.2, 0.25) is 5.75 Å². The SMILES string of the molecule is COC(=O)C[C@H](c1ccnc2ccccc12)c1c(O)c(O)c(O)c2c(=O)cc(-c3ccccc3)oc12. The van der Waals surface area contributed by atoms with Crippen LogP contribution in [0.15, 0.2) is 82.1 Å². The number of para-hydroxylation sites is 1. The lowest BCUT2D eigenvalue weighted by Gasteiger charge is -2.22. The second-order valence-corrected chi connectivity index (χ2v) is 8.25. The van der Waals surface area contributed by atoms with E-state index in [0.717, 1.165) is 0 Å². The van der Waals surface area contributed by atoms with Crippen LogP contribution in [-0.2, 0) is 9.53 Å². The molecule has 3 aromatic carbocycles. The van der Waals surface area contributed by atoms with E-state index in [1.165, 1.54) is 13.2 Å². The lowest BCUT2D eigenvalue weighted by atomic mass is 9.84. The number of aromatic hydroxyl groups is 3. The molecule has 0 bridgehead atoms. The number of pyridine rings is 1. The fraction of sp³-hybridized carbons (Fsp3) is 0.107. The molecule has 5 rings (SSSR count). The molecule has 2 heterocycles. The number of ether oxygens (including phenoxy) is 1. The van der Waals surface area contributed by atoms with Gasteiger partial charge in [0.25, 0.3) is 0 Å². The molecule has 0 aliphatic rings. The third-order valence-electron chi connectivity index (χ3n) is 6.20. The summed E-state index contributed by atoms with van der Waals surface area (Å²) in [5, 5.41) is 32.6. The van der Waals surface area contributed by atoms with Gasteiger partial charge in [-0.25, -0.2) is 0 Å². The highest BCUT2D eigenvalue weighted by Crippen LogP contribution is 2.50. The van der Waals surface area contributed by atoms with E-state index in [4.69, 9.17) is 9.15 Å². The number of methoxy groups -OCH3 is 1. The van der Waals surface area contributed by atoms with E-state index in [0.29, 0.717) is 22.0 Å². The van der Waals surface area contributed by atoms with Crippen molar-refractivity contribution in [1.29, 1.82) is 0 Å². The summed E-state index contributed by atoms with van der Waals surface area (Å²) >= 11 is 0. The molecule has 36 heavy (non-hydrogen) atoms. The Hall–Kier alpha value is -4.85. The van der Waals surface area contributed by atoms with Crippen molar-refractivity contribution in [1.82, 2.24) is 4.98 Å². The minimum atomic E-state index is -0.923. The third kappa shape index (κ3) is 3.78. The Balaban J connectivity index is 1.90. The van der Waals surface area contributed by atoms with Crippen LogP contribution in [0.2, 0.25) is 0 Å². The molecule has 5 aromatic rings. The zero-order valence-corrected chi connectivity index (χ0v) is 19.1. The summed E-state index contributed by atoms with van der Waals surface area (Å²) < 4.78 is 11.0. The average Bonchev–Trinajstić information content (AvgIpc) is 2.91. The van der Waals surface area contributed by atoms with Crippen molar-refractivity contribution >= 4 is 27.8 Å². The topological polar surface area (TPSA) is 130 Å². The Bertz CT molecular complexity index is 1670. The molecular formula is C28H21NO7.